The molecule has 4 rings (SSSR count). The van der Waals surface area contributed by atoms with Gasteiger partial charge in [0.25, 0.3) is 5.91 Å². The number of aromatic nitrogens is 1. The molecule has 0 unspecified atom stereocenters. The summed E-state index contributed by atoms with van der Waals surface area (Å²) in [5.74, 6) is 1.35. The van der Waals surface area contributed by atoms with Gasteiger partial charge in [-0.2, -0.15) is 0 Å². The first-order chi connectivity index (χ1) is 12.6. The molecule has 6 heteroatoms. The maximum atomic E-state index is 13.0. The quantitative estimate of drug-likeness (QED) is 0.817. The molecule has 0 aromatic carbocycles. The van der Waals surface area contributed by atoms with Crippen molar-refractivity contribution in [2.75, 3.05) is 71.4 Å². The van der Waals surface area contributed by atoms with Crippen LogP contribution in [-0.4, -0.2) is 91.5 Å². The first-order valence-corrected chi connectivity index (χ1v) is 9.64. The summed E-state index contributed by atoms with van der Waals surface area (Å²) in [5.41, 5.74) is 1.93. The molecular formula is C20H29N5O. The zero-order chi connectivity index (χ0) is 18.1. The number of carbonyl (C=O) groups excluding carboxylic acids is 1. The van der Waals surface area contributed by atoms with E-state index in [1.165, 1.54) is 5.82 Å². The largest absolute Gasteiger partial charge is 0.355 e. The summed E-state index contributed by atoms with van der Waals surface area (Å²) in [5, 5.41) is 0. The molecule has 2 aromatic rings. The van der Waals surface area contributed by atoms with Crippen molar-refractivity contribution in [3.8, 4) is 0 Å². The maximum absolute atomic E-state index is 13.0. The Hall–Kier alpha value is -2.05. The lowest BCUT2D eigenvalue weighted by Gasteiger charge is -2.33. The zero-order valence-electron chi connectivity index (χ0n) is 15.9. The van der Waals surface area contributed by atoms with Crippen LogP contribution < -0.4 is 4.90 Å². The van der Waals surface area contributed by atoms with Gasteiger partial charge in [0.15, 0.2) is 0 Å². The molecule has 6 nitrogen and oxygen atoms in total. The first-order valence-electron chi connectivity index (χ1n) is 9.64. The third-order valence-electron chi connectivity index (χ3n) is 5.71. The van der Waals surface area contributed by atoms with E-state index < -0.39 is 0 Å². The normalized spacial score (nSPS) is 20.5. The van der Waals surface area contributed by atoms with Crippen LogP contribution in [0.4, 0.5) is 5.82 Å². The Kier molecular flexibility index (Phi) is 4.87. The second kappa shape index (κ2) is 7.29. The molecule has 140 valence electrons. The van der Waals surface area contributed by atoms with Gasteiger partial charge in [-0.25, -0.2) is 0 Å². The fraction of sp³-hybridized carbons (Fsp3) is 0.550. The lowest BCUT2D eigenvalue weighted by Crippen LogP contribution is -2.44. The molecule has 2 aromatic heterocycles. The highest BCUT2D eigenvalue weighted by atomic mass is 16.2. The predicted molar refractivity (Wildman–Crippen MR) is 105 cm³/mol. The number of amides is 1. The van der Waals surface area contributed by atoms with Gasteiger partial charge >= 0.3 is 0 Å². The van der Waals surface area contributed by atoms with Gasteiger partial charge in [0.1, 0.15) is 5.82 Å². The predicted octanol–water partition coefficient (Wildman–Crippen LogP) is 1.47. The molecule has 2 aliphatic rings. The van der Waals surface area contributed by atoms with Crippen molar-refractivity contribution in [3.63, 3.8) is 0 Å². The van der Waals surface area contributed by atoms with Crippen LogP contribution in [0.1, 0.15) is 16.8 Å². The van der Waals surface area contributed by atoms with E-state index in [9.17, 15) is 4.79 Å². The summed E-state index contributed by atoms with van der Waals surface area (Å²) in [7, 11) is 4.30. The fourth-order valence-corrected chi connectivity index (χ4v) is 3.94. The second-order valence-corrected chi connectivity index (χ2v) is 7.64. The minimum Gasteiger partial charge on any atom is -0.355 e. The van der Waals surface area contributed by atoms with E-state index >= 15 is 0 Å². The summed E-state index contributed by atoms with van der Waals surface area (Å²) in [6.45, 7) is 7.87. The van der Waals surface area contributed by atoms with Crippen molar-refractivity contribution < 1.29 is 4.79 Å². The average Bonchev–Trinajstić information content (AvgIpc) is 2.95. The van der Waals surface area contributed by atoms with Crippen LogP contribution in [-0.2, 0) is 0 Å². The lowest BCUT2D eigenvalue weighted by atomic mass is 10.2. The van der Waals surface area contributed by atoms with Crippen molar-refractivity contribution >= 4 is 17.2 Å². The van der Waals surface area contributed by atoms with Crippen molar-refractivity contribution in [1.29, 1.82) is 0 Å². The summed E-state index contributed by atoms with van der Waals surface area (Å²) in [6.07, 6.45) is 3.07. The molecule has 0 bridgehead atoms. The highest BCUT2D eigenvalue weighted by molar-refractivity contribution is 5.94. The van der Waals surface area contributed by atoms with Gasteiger partial charge in [-0.15, -0.1) is 0 Å². The lowest BCUT2D eigenvalue weighted by molar-refractivity contribution is 0.0762. The topological polar surface area (TPSA) is 34.4 Å². The molecule has 0 spiro atoms. The van der Waals surface area contributed by atoms with Crippen LogP contribution in [0, 0.1) is 0 Å². The summed E-state index contributed by atoms with van der Waals surface area (Å²) in [6, 6.07) is 8.36. The van der Waals surface area contributed by atoms with Crippen LogP contribution in [0.5, 0.6) is 0 Å². The van der Waals surface area contributed by atoms with Crippen LogP contribution in [0.3, 0.4) is 0 Å². The molecule has 0 saturated carbocycles. The highest BCUT2D eigenvalue weighted by Gasteiger charge is 2.21. The van der Waals surface area contributed by atoms with Gasteiger partial charge in [0, 0.05) is 57.5 Å². The van der Waals surface area contributed by atoms with E-state index in [2.05, 4.69) is 51.4 Å². The Labute approximate surface area is 155 Å². The van der Waals surface area contributed by atoms with Crippen LogP contribution in [0.25, 0.3) is 5.52 Å². The van der Waals surface area contributed by atoms with Crippen LogP contribution in [0.15, 0.2) is 30.5 Å². The number of fused-ring (bicyclic) bond motifs is 1. The minimum atomic E-state index is 0.153. The van der Waals surface area contributed by atoms with Gasteiger partial charge in [0.2, 0.25) is 0 Å². The number of likely N-dealkylation sites (N-methyl/N-ethyl adjacent to an activating group) is 2. The van der Waals surface area contributed by atoms with Crippen molar-refractivity contribution in [1.82, 2.24) is 19.1 Å². The zero-order valence-corrected chi connectivity index (χ0v) is 15.9. The van der Waals surface area contributed by atoms with Gasteiger partial charge in [-0.05, 0) is 51.3 Å². The van der Waals surface area contributed by atoms with Crippen molar-refractivity contribution in [2.24, 2.45) is 0 Å². The average molecular weight is 355 g/mol. The van der Waals surface area contributed by atoms with Crippen LogP contribution in [0.2, 0.25) is 0 Å². The third kappa shape index (κ3) is 3.44. The van der Waals surface area contributed by atoms with E-state index in [1.54, 1.807) is 0 Å². The molecule has 26 heavy (non-hydrogen) atoms. The minimum absolute atomic E-state index is 0.153. The van der Waals surface area contributed by atoms with Crippen molar-refractivity contribution in [3.05, 3.63) is 36.0 Å². The van der Waals surface area contributed by atoms with Gasteiger partial charge < -0.3 is 24.0 Å². The van der Waals surface area contributed by atoms with E-state index in [-0.39, 0.29) is 5.91 Å². The number of anilines is 1. The highest BCUT2D eigenvalue weighted by Crippen LogP contribution is 2.22. The molecule has 0 atom stereocenters. The second-order valence-electron chi connectivity index (χ2n) is 7.64. The number of pyridine rings is 1. The SMILES string of the molecule is CN1CCCN(C(=O)c2ccc3ccc(N4CCN(C)CC4)n3c2)CC1. The molecule has 0 radical (unpaired) electrons. The van der Waals surface area contributed by atoms with E-state index in [0.29, 0.717) is 0 Å². The number of nitrogens with zero attached hydrogens (tertiary/aromatic N) is 5. The fourth-order valence-electron chi connectivity index (χ4n) is 3.94. The van der Waals surface area contributed by atoms with E-state index in [0.717, 1.165) is 69.9 Å². The van der Waals surface area contributed by atoms with Gasteiger partial charge in [-0.3, -0.25) is 4.79 Å². The summed E-state index contributed by atoms with van der Waals surface area (Å²) in [4.78, 5) is 22.1. The monoisotopic (exact) mass is 355 g/mol. The molecule has 0 aliphatic carbocycles. The molecular weight excluding hydrogens is 326 g/mol. The Morgan fingerprint density at radius 2 is 1.50 bits per heavy atom. The Balaban J connectivity index is 1.58. The smallest absolute Gasteiger partial charge is 0.255 e. The van der Waals surface area contributed by atoms with Crippen molar-refractivity contribution in [2.45, 2.75) is 6.42 Å². The first kappa shape index (κ1) is 17.4. The molecule has 2 saturated heterocycles. The molecule has 2 aliphatic heterocycles. The molecule has 4 heterocycles. The Morgan fingerprint density at radius 3 is 2.31 bits per heavy atom. The number of hydrogen-bond donors (Lipinski definition) is 0. The number of piperazine rings is 1. The summed E-state index contributed by atoms with van der Waals surface area (Å²) >= 11 is 0. The number of carbonyl (C=O) groups is 1. The molecule has 0 N–H and O–H groups in total. The van der Waals surface area contributed by atoms with Gasteiger partial charge in [0.05, 0.1) is 5.56 Å². The standard InChI is InChI=1S/C20H29N5O/c1-21-8-3-9-24(15-12-21)20(26)17-4-5-18-6-7-19(25(18)16-17)23-13-10-22(2)11-14-23/h4-7,16H,3,8-15H2,1-2H3. The number of hydrogen-bond acceptors (Lipinski definition) is 4. The molecule has 2 fully saturated rings. The Bertz CT molecular complexity index is 778. The number of rotatable bonds is 2. The third-order valence-corrected chi connectivity index (χ3v) is 5.71. The maximum Gasteiger partial charge on any atom is 0.255 e. The van der Waals surface area contributed by atoms with Crippen LogP contribution >= 0.6 is 0 Å². The molecule has 1 amide bonds. The summed E-state index contributed by atoms with van der Waals surface area (Å²) < 4.78 is 2.18. The van der Waals surface area contributed by atoms with E-state index in [1.807, 2.05) is 17.2 Å². The van der Waals surface area contributed by atoms with E-state index in [4.69, 9.17) is 0 Å². The Morgan fingerprint density at radius 1 is 0.808 bits per heavy atom. The van der Waals surface area contributed by atoms with Gasteiger partial charge in [-0.1, -0.05) is 0 Å².